The van der Waals surface area contributed by atoms with Crippen LogP contribution >= 0.6 is 11.8 Å². The highest BCUT2D eigenvalue weighted by atomic mass is 32.2. The number of aryl methyl sites for hydroxylation is 1. The summed E-state index contributed by atoms with van der Waals surface area (Å²) in [5.74, 6) is 1.16. The van der Waals surface area contributed by atoms with E-state index in [9.17, 15) is 4.79 Å². The summed E-state index contributed by atoms with van der Waals surface area (Å²) in [4.78, 5) is 16.7. The van der Waals surface area contributed by atoms with Crippen molar-refractivity contribution in [3.05, 3.63) is 84.4 Å². The van der Waals surface area contributed by atoms with Crippen LogP contribution in [0.15, 0.2) is 78.5 Å². The summed E-state index contributed by atoms with van der Waals surface area (Å²) in [5, 5.41) is 11.8. The molecule has 4 rings (SSSR count). The highest BCUT2D eigenvalue weighted by molar-refractivity contribution is 7.99. The van der Waals surface area contributed by atoms with Crippen LogP contribution in [0.1, 0.15) is 18.1 Å². The van der Waals surface area contributed by atoms with Crippen molar-refractivity contribution in [1.82, 2.24) is 19.7 Å². The Labute approximate surface area is 202 Å². The topological polar surface area (TPSA) is 91.2 Å². The number of carbonyl (C=O) groups excluding carboxylic acids is 1. The molecule has 0 aliphatic carbocycles. The molecule has 4 aromatic rings. The first kappa shape index (κ1) is 23.3. The molecular weight excluding hydrogens is 450 g/mol. The van der Waals surface area contributed by atoms with Gasteiger partial charge in [0.1, 0.15) is 12.9 Å². The first-order valence-electron chi connectivity index (χ1n) is 10.8. The number of aromatic nitrogens is 4. The van der Waals surface area contributed by atoms with Gasteiger partial charge >= 0.3 is 0 Å². The molecule has 2 heterocycles. The highest BCUT2D eigenvalue weighted by Gasteiger charge is 2.13. The molecule has 0 saturated heterocycles. The van der Waals surface area contributed by atoms with Crippen molar-refractivity contribution < 1.29 is 14.3 Å². The van der Waals surface area contributed by atoms with E-state index in [2.05, 4.69) is 33.5 Å². The van der Waals surface area contributed by atoms with Gasteiger partial charge < -0.3 is 14.8 Å². The molecule has 0 saturated carbocycles. The molecule has 0 unspecified atom stereocenters. The van der Waals surface area contributed by atoms with Crippen LogP contribution in [-0.4, -0.2) is 38.5 Å². The summed E-state index contributed by atoms with van der Waals surface area (Å²) in [6, 6.07) is 17.2. The average molecular weight is 476 g/mol. The Hall–Kier alpha value is -3.85. The largest absolute Gasteiger partial charge is 0.493 e. The molecule has 2 aromatic heterocycles. The van der Waals surface area contributed by atoms with Gasteiger partial charge in [-0.05, 0) is 47.9 Å². The van der Waals surface area contributed by atoms with E-state index in [0.29, 0.717) is 28.9 Å². The molecule has 2 aromatic carbocycles. The Morgan fingerprint density at radius 2 is 1.91 bits per heavy atom. The standard InChI is InChI=1S/C25H25N5O3S/c1-3-19-6-4-5-7-21(19)30-17-27-29-25(30)34-16-24(31)28-20-8-9-22(32-2)23(14-20)33-15-18-10-12-26-13-11-18/h4-14,17H,3,15-16H2,1-2H3,(H,28,31). The number of ether oxygens (including phenoxy) is 2. The fourth-order valence-electron chi connectivity index (χ4n) is 3.37. The van der Waals surface area contributed by atoms with Gasteiger partial charge in [0.15, 0.2) is 16.7 Å². The molecule has 174 valence electrons. The number of anilines is 1. The smallest absolute Gasteiger partial charge is 0.234 e. The third kappa shape index (κ3) is 5.74. The second-order valence-corrected chi connectivity index (χ2v) is 8.25. The van der Waals surface area contributed by atoms with E-state index in [-0.39, 0.29) is 11.7 Å². The van der Waals surface area contributed by atoms with Crippen LogP contribution in [0.25, 0.3) is 5.69 Å². The molecule has 9 heteroatoms. The minimum atomic E-state index is -0.159. The maximum atomic E-state index is 12.7. The Morgan fingerprint density at radius 3 is 2.71 bits per heavy atom. The van der Waals surface area contributed by atoms with Gasteiger partial charge in [-0.15, -0.1) is 10.2 Å². The van der Waals surface area contributed by atoms with Crippen molar-refractivity contribution in [3.8, 4) is 17.2 Å². The fourth-order valence-corrected chi connectivity index (χ4v) is 4.09. The number of pyridine rings is 1. The number of rotatable bonds is 10. The zero-order valence-corrected chi connectivity index (χ0v) is 19.8. The lowest BCUT2D eigenvalue weighted by Gasteiger charge is -2.13. The molecule has 0 radical (unpaired) electrons. The SMILES string of the molecule is CCc1ccccc1-n1cnnc1SCC(=O)Nc1ccc(OC)c(OCc2ccncc2)c1. The fraction of sp³-hybridized carbons (Fsp3) is 0.200. The Morgan fingerprint density at radius 1 is 1.09 bits per heavy atom. The number of nitrogens with one attached hydrogen (secondary N) is 1. The van der Waals surface area contributed by atoms with Gasteiger partial charge in [-0.3, -0.25) is 14.3 Å². The number of nitrogens with zero attached hydrogens (tertiary/aromatic N) is 4. The number of amides is 1. The zero-order valence-electron chi connectivity index (χ0n) is 19.0. The Kier molecular flexibility index (Phi) is 7.77. The van der Waals surface area contributed by atoms with Crippen LogP contribution in [0.2, 0.25) is 0 Å². The number of benzene rings is 2. The van der Waals surface area contributed by atoms with Gasteiger partial charge in [0.25, 0.3) is 0 Å². The Bertz CT molecular complexity index is 1250. The monoisotopic (exact) mass is 475 g/mol. The molecule has 0 aliphatic heterocycles. The molecule has 0 bridgehead atoms. The van der Waals surface area contributed by atoms with Crippen LogP contribution in [0.5, 0.6) is 11.5 Å². The van der Waals surface area contributed by atoms with Crippen LogP contribution < -0.4 is 14.8 Å². The average Bonchev–Trinajstić information content (AvgIpc) is 3.35. The summed E-state index contributed by atoms with van der Waals surface area (Å²) in [6.45, 7) is 2.47. The van der Waals surface area contributed by atoms with E-state index < -0.39 is 0 Å². The lowest BCUT2D eigenvalue weighted by molar-refractivity contribution is -0.113. The summed E-state index contributed by atoms with van der Waals surface area (Å²) in [6.07, 6.45) is 5.99. The number of thioether (sulfide) groups is 1. The normalized spacial score (nSPS) is 10.6. The van der Waals surface area contributed by atoms with Crippen LogP contribution in [0.4, 0.5) is 5.69 Å². The quantitative estimate of drug-likeness (QED) is 0.337. The first-order chi connectivity index (χ1) is 16.7. The van der Waals surface area contributed by atoms with E-state index >= 15 is 0 Å². The van der Waals surface area contributed by atoms with Gasteiger partial charge in [0.05, 0.1) is 18.6 Å². The van der Waals surface area contributed by atoms with Crippen LogP contribution in [-0.2, 0) is 17.8 Å². The summed E-state index contributed by atoms with van der Waals surface area (Å²) >= 11 is 1.33. The molecule has 1 N–H and O–H groups in total. The van der Waals surface area contributed by atoms with Gasteiger partial charge in [-0.2, -0.15) is 0 Å². The number of methoxy groups -OCH3 is 1. The van der Waals surface area contributed by atoms with E-state index in [0.717, 1.165) is 17.7 Å². The number of hydrogen-bond acceptors (Lipinski definition) is 7. The zero-order chi connectivity index (χ0) is 23.8. The second-order valence-electron chi connectivity index (χ2n) is 7.31. The molecule has 1 amide bonds. The summed E-state index contributed by atoms with van der Waals surface area (Å²) in [5.41, 5.74) is 3.81. The Balaban J connectivity index is 1.40. The second kappa shape index (κ2) is 11.3. The van der Waals surface area contributed by atoms with Crippen LogP contribution in [0, 0.1) is 0 Å². The van der Waals surface area contributed by atoms with Crippen molar-refractivity contribution in [2.75, 3.05) is 18.2 Å². The lowest BCUT2D eigenvalue weighted by atomic mass is 10.1. The third-order valence-electron chi connectivity index (χ3n) is 5.07. The molecule has 0 fully saturated rings. The number of hydrogen-bond donors (Lipinski definition) is 1. The molecule has 0 atom stereocenters. The molecule has 34 heavy (non-hydrogen) atoms. The molecule has 0 aliphatic rings. The first-order valence-corrected chi connectivity index (χ1v) is 11.8. The van der Waals surface area contributed by atoms with Gasteiger partial charge in [0.2, 0.25) is 5.91 Å². The lowest BCUT2D eigenvalue weighted by Crippen LogP contribution is -2.14. The summed E-state index contributed by atoms with van der Waals surface area (Å²) < 4.78 is 13.2. The summed E-state index contributed by atoms with van der Waals surface area (Å²) in [7, 11) is 1.58. The van der Waals surface area contributed by atoms with Crippen molar-refractivity contribution in [2.45, 2.75) is 25.1 Å². The van der Waals surface area contributed by atoms with Crippen LogP contribution in [0.3, 0.4) is 0 Å². The van der Waals surface area contributed by atoms with Crippen molar-refractivity contribution >= 4 is 23.4 Å². The maximum absolute atomic E-state index is 12.7. The van der Waals surface area contributed by atoms with Crippen molar-refractivity contribution in [1.29, 1.82) is 0 Å². The minimum Gasteiger partial charge on any atom is -0.493 e. The molecular formula is C25H25N5O3S. The highest BCUT2D eigenvalue weighted by Crippen LogP contribution is 2.31. The number of carbonyl (C=O) groups is 1. The van der Waals surface area contributed by atoms with E-state index in [1.165, 1.54) is 17.3 Å². The van der Waals surface area contributed by atoms with E-state index in [4.69, 9.17) is 9.47 Å². The van der Waals surface area contributed by atoms with E-state index in [1.54, 1.807) is 44.0 Å². The van der Waals surface area contributed by atoms with Gasteiger partial charge in [-0.25, -0.2) is 0 Å². The van der Waals surface area contributed by atoms with E-state index in [1.807, 2.05) is 34.9 Å². The minimum absolute atomic E-state index is 0.159. The third-order valence-corrected chi connectivity index (χ3v) is 6.02. The van der Waals surface area contributed by atoms with Crippen molar-refractivity contribution in [2.24, 2.45) is 0 Å². The van der Waals surface area contributed by atoms with Gasteiger partial charge in [-0.1, -0.05) is 36.9 Å². The van der Waals surface area contributed by atoms with Crippen molar-refractivity contribution in [3.63, 3.8) is 0 Å². The molecule has 8 nitrogen and oxygen atoms in total. The predicted octanol–water partition coefficient (Wildman–Crippen LogP) is 4.54. The maximum Gasteiger partial charge on any atom is 0.234 e. The molecule has 0 spiro atoms. The van der Waals surface area contributed by atoms with Gasteiger partial charge in [0, 0.05) is 24.1 Å². The predicted molar refractivity (Wildman–Crippen MR) is 132 cm³/mol. The number of para-hydroxylation sites is 1.